The summed E-state index contributed by atoms with van der Waals surface area (Å²) >= 11 is 0. The lowest BCUT2D eigenvalue weighted by atomic mass is 10.1. The van der Waals surface area contributed by atoms with Crippen LogP contribution in [0.2, 0.25) is 0 Å². The topological polar surface area (TPSA) is 60.1 Å². The standard InChI is InChI=1S/C21H16F3N3O2/c1-13-10-25-29-19(13)20(28)26-17-12-27(18-5-3-2-4-16(17)18)11-14-6-8-15(9-7-14)21(22,23)24/h2-10,12H,11H2,1H3,(H,26,28). The number of halogens is 3. The van der Waals surface area contributed by atoms with Crippen LogP contribution in [0.4, 0.5) is 18.9 Å². The zero-order chi connectivity index (χ0) is 20.6. The number of amides is 1. The molecule has 0 bridgehead atoms. The maximum absolute atomic E-state index is 12.8. The van der Waals surface area contributed by atoms with Crippen LogP contribution in [-0.4, -0.2) is 15.6 Å². The number of para-hydroxylation sites is 1. The van der Waals surface area contributed by atoms with Crippen molar-refractivity contribution in [3.05, 3.63) is 83.4 Å². The second-order valence-corrected chi connectivity index (χ2v) is 6.67. The van der Waals surface area contributed by atoms with E-state index in [0.717, 1.165) is 23.0 Å². The average Bonchev–Trinajstić information content (AvgIpc) is 3.26. The van der Waals surface area contributed by atoms with Gasteiger partial charge in [-0.1, -0.05) is 35.5 Å². The lowest BCUT2D eigenvalue weighted by molar-refractivity contribution is -0.137. The third kappa shape index (κ3) is 3.73. The van der Waals surface area contributed by atoms with Crippen LogP contribution in [0.15, 0.2) is 65.4 Å². The molecular weight excluding hydrogens is 383 g/mol. The Morgan fingerprint density at radius 3 is 2.52 bits per heavy atom. The van der Waals surface area contributed by atoms with E-state index in [2.05, 4.69) is 10.5 Å². The van der Waals surface area contributed by atoms with E-state index in [1.54, 1.807) is 13.1 Å². The molecule has 29 heavy (non-hydrogen) atoms. The highest BCUT2D eigenvalue weighted by molar-refractivity contribution is 6.08. The molecule has 2 aromatic carbocycles. The van der Waals surface area contributed by atoms with Crippen LogP contribution >= 0.6 is 0 Å². The number of alkyl halides is 3. The zero-order valence-corrected chi connectivity index (χ0v) is 15.3. The van der Waals surface area contributed by atoms with Crippen LogP contribution in [0, 0.1) is 6.92 Å². The zero-order valence-electron chi connectivity index (χ0n) is 15.3. The molecule has 0 aliphatic rings. The summed E-state index contributed by atoms with van der Waals surface area (Å²) in [7, 11) is 0. The summed E-state index contributed by atoms with van der Waals surface area (Å²) in [5, 5.41) is 7.24. The number of nitrogens with zero attached hydrogens (tertiary/aromatic N) is 2. The second-order valence-electron chi connectivity index (χ2n) is 6.67. The fraction of sp³-hybridized carbons (Fsp3) is 0.143. The third-order valence-corrected chi connectivity index (χ3v) is 4.63. The van der Waals surface area contributed by atoms with Crippen LogP contribution < -0.4 is 5.32 Å². The molecule has 0 saturated heterocycles. The smallest absolute Gasteiger partial charge is 0.351 e. The van der Waals surface area contributed by atoms with Gasteiger partial charge in [-0.15, -0.1) is 0 Å². The van der Waals surface area contributed by atoms with Gasteiger partial charge in [-0.2, -0.15) is 13.2 Å². The Morgan fingerprint density at radius 2 is 1.86 bits per heavy atom. The molecule has 5 nitrogen and oxygen atoms in total. The molecule has 148 valence electrons. The van der Waals surface area contributed by atoms with Gasteiger partial charge in [0.2, 0.25) is 5.76 Å². The Hall–Kier alpha value is -3.55. The van der Waals surface area contributed by atoms with Crippen molar-refractivity contribution in [1.82, 2.24) is 9.72 Å². The average molecular weight is 399 g/mol. The predicted molar refractivity (Wildman–Crippen MR) is 102 cm³/mol. The van der Waals surface area contributed by atoms with E-state index < -0.39 is 17.6 Å². The lowest BCUT2D eigenvalue weighted by Crippen LogP contribution is -2.11. The van der Waals surface area contributed by atoms with Crippen molar-refractivity contribution in [2.45, 2.75) is 19.6 Å². The number of rotatable bonds is 4. The molecule has 2 heterocycles. The Bertz CT molecular complexity index is 1170. The van der Waals surface area contributed by atoms with Crippen LogP contribution in [0.1, 0.15) is 27.2 Å². The predicted octanol–water partition coefficient (Wildman–Crippen LogP) is 5.26. The van der Waals surface area contributed by atoms with Gasteiger partial charge in [-0.05, 0) is 30.7 Å². The van der Waals surface area contributed by atoms with E-state index >= 15 is 0 Å². The summed E-state index contributed by atoms with van der Waals surface area (Å²) in [5.74, 6) is -0.290. The van der Waals surface area contributed by atoms with Gasteiger partial charge in [0.05, 0.1) is 23.0 Å². The molecular formula is C21H16F3N3O2. The fourth-order valence-corrected chi connectivity index (χ4v) is 3.16. The number of hydrogen-bond donors (Lipinski definition) is 1. The number of nitrogens with one attached hydrogen (secondary N) is 1. The fourth-order valence-electron chi connectivity index (χ4n) is 3.16. The van der Waals surface area contributed by atoms with E-state index in [9.17, 15) is 18.0 Å². The third-order valence-electron chi connectivity index (χ3n) is 4.63. The molecule has 1 N–H and O–H groups in total. The van der Waals surface area contributed by atoms with Gasteiger partial charge in [0.25, 0.3) is 5.91 Å². The first-order valence-electron chi connectivity index (χ1n) is 8.79. The van der Waals surface area contributed by atoms with Crippen molar-refractivity contribution in [3.8, 4) is 0 Å². The number of aromatic nitrogens is 2. The van der Waals surface area contributed by atoms with Crippen LogP contribution in [0.5, 0.6) is 0 Å². The Morgan fingerprint density at radius 1 is 1.14 bits per heavy atom. The summed E-state index contributed by atoms with van der Waals surface area (Å²) in [6.45, 7) is 2.08. The first-order chi connectivity index (χ1) is 13.8. The Kier molecular flexibility index (Phi) is 4.62. The molecule has 0 spiro atoms. The highest BCUT2D eigenvalue weighted by Crippen LogP contribution is 2.30. The second kappa shape index (κ2) is 7.12. The number of carbonyl (C=O) groups is 1. The van der Waals surface area contributed by atoms with Gasteiger partial charge < -0.3 is 14.4 Å². The molecule has 0 unspecified atom stereocenters. The molecule has 4 aromatic rings. The lowest BCUT2D eigenvalue weighted by Gasteiger charge is -2.09. The summed E-state index contributed by atoms with van der Waals surface area (Å²) in [4.78, 5) is 12.5. The monoisotopic (exact) mass is 399 g/mol. The van der Waals surface area contributed by atoms with Gasteiger partial charge >= 0.3 is 6.18 Å². The quantitative estimate of drug-likeness (QED) is 0.509. The van der Waals surface area contributed by atoms with Crippen molar-refractivity contribution in [3.63, 3.8) is 0 Å². The van der Waals surface area contributed by atoms with E-state index in [-0.39, 0.29) is 5.76 Å². The molecule has 0 atom stereocenters. The minimum atomic E-state index is -4.37. The first kappa shape index (κ1) is 18.8. The largest absolute Gasteiger partial charge is 0.416 e. The first-order valence-corrected chi connectivity index (χ1v) is 8.79. The van der Waals surface area contributed by atoms with Crippen LogP contribution in [0.3, 0.4) is 0 Å². The molecule has 0 aliphatic heterocycles. The molecule has 2 aromatic heterocycles. The highest BCUT2D eigenvalue weighted by atomic mass is 19.4. The van der Waals surface area contributed by atoms with Crippen LogP contribution in [0.25, 0.3) is 10.9 Å². The molecule has 0 aliphatic carbocycles. The van der Waals surface area contributed by atoms with Gasteiger partial charge in [-0.3, -0.25) is 4.79 Å². The molecule has 4 rings (SSSR count). The van der Waals surface area contributed by atoms with Crippen molar-refractivity contribution in [1.29, 1.82) is 0 Å². The van der Waals surface area contributed by atoms with E-state index in [1.807, 2.05) is 28.8 Å². The molecule has 8 heteroatoms. The number of carbonyl (C=O) groups excluding carboxylic acids is 1. The molecule has 0 fully saturated rings. The minimum Gasteiger partial charge on any atom is -0.351 e. The normalized spacial score (nSPS) is 11.7. The van der Waals surface area contributed by atoms with Crippen molar-refractivity contribution < 1.29 is 22.5 Å². The van der Waals surface area contributed by atoms with Gasteiger partial charge in [0.15, 0.2) is 0 Å². The number of fused-ring (bicyclic) bond motifs is 1. The number of anilines is 1. The SMILES string of the molecule is Cc1cnoc1C(=O)Nc1cn(Cc2ccc(C(F)(F)F)cc2)c2ccccc12. The molecule has 0 saturated carbocycles. The molecule has 1 amide bonds. The minimum absolute atomic E-state index is 0.129. The van der Waals surface area contributed by atoms with Gasteiger partial charge in [0, 0.05) is 23.7 Å². The van der Waals surface area contributed by atoms with Gasteiger partial charge in [0.1, 0.15) is 0 Å². The van der Waals surface area contributed by atoms with Gasteiger partial charge in [-0.25, -0.2) is 0 Å². The number of hydrogen-bond acceptors (Lipinski definition) is 3. The Balaban J connectivity index is 1.64. The summed E-state index contributed by atoms with van der Waals surface area (Å²) in [6, 6.07) is 12.5. The van der Waals surface area contributed by atoms with E-state index in [1.165, 1.54) is 18.3 Å². The van der Waals surface area contributed by atoms with E-state index in [4.69, 9.17) is 4.52 Å². The summed E-state index contributed by atoms with van der Waals surface area (Å²) < 4.78 is 45.2. The summed E-state index contributed by atoms with van der Waals surface area (Å²) in [5.41, 5.74) is 2.07. The highest BCUT2D eigenvalue weighted by Gasteiger charge is 2.29. The number of aryl methyl sites for hydroxylation is 1. The van der Waals surface area contributed by atoms with Crippen LogP contribution in [-0.2, 0) is 12.7 Å². The maximum Gasteiger partial charge on any atom is 0.416 e. The molecule has 0 radical (unpaired) electrons. The number of benzene rings is 2. The van der Waals surface area contributed by atoms with E-state index in [0.29, 0.717) is 23.4 Å². The maximum atomic E-state index is 12.8. The van der Waals surface area contributed by atoms with Crippen molar-refractivity contribution >= 4 is 22.5 Å². The van der Waals surface area contributed by atoms with Crippen molar-refractivity contribution in [2.24, 2.45) is 0 Å². The Labute approximate surface area is 163 Å². The summed E-state index contributed by atoms with van der Waals surface area (Å²) in [6.07, 6.45) is -1.15. The van der Waals surface area contributed by atoms with Crippen molar-refractivity contribution in [2.75, 3.05) is 5.32 Å².